The number of carbonyl (C=O) groups excluding carboxylic acids is 2. The van der Waals surface area contributed by atoms with Gasteiger partial charge in [0.25, 0.3) is 0 Å². The Morgan fingerprint density at radius 1 is 1.06 bits per heavy atom. The molecule has 168 valence electrons. The quantitative estimate of drug-likeness (QED) is 0.551. The molecule has 1 saturated heterocycles. The van der Waals surface area contributed by atoms with Crippen LogP contribution >= 0.6 is 11.6 Å². The van der Waals surface area contributed by atoms with Crippen LogP contribution in [0, 0.1) is 5.92 Å². The summed E-state index contributed by atoms with van der Waals surface area (Å²) in [6.45, 7) is 4.07. The molecular formula is C27H31ClN2O2. The summed E-state index contributed by atoms with van der Waals surface area (Å²) in [5, 5.41) is 0.860. The van der Waals surface area contributed by atoms with Crippen LogP contribution in [0.2, 0.25) is 5.02 Å². The molecule has 0 spiro atoms. The highest BCUT2D eigenvalue weighted by Crippen LogP contribution is 2.38. The Morgan fingerprint density at radius 2 is 1.84 bits per heavy atom. The molecule has 0 bridgehead atoms. The molecule has 4 nitrogen and oxygen atoms in total. The molecule has 3 heterocycles. The molecule has 32 heavy (non-hydrogen) atoms. The van der Waals surface area contributed by atoms with Crippen LogP contribution in [0.3, 0.4) is 0 Å². The highest BCUT2D eigenvalue weighted by molar-refractivity contribution is 6.31. The minimum atomic E-state index is 0.187. The van der Waals surface area contributed by atoms with E-state index >= 15 is 0 Å². The summed E-state index contributed by atoms with van der Waals surface area (Å²) in [5.74, 6) is 1.05. The van der Waals surface area contributed by atoms with Gasteiger partial charge in [0, 0.05) is 30.1 Å². The highest BCUT2D eigenvalue weighted by atomic mass is 35.5. The number of hydrogen-bond acceptors (Lipinski definition) is 3. The Balaban J connectivity index is 1.11. The smallest absolute Gasteiger partial charge is 0.231 e. The summed E-state index contributed by atoms with van der Waals surface area (Å²) >= 11 is 6.28. The fourth-order valence-electron chi connectivity index (χ4n) is 5.60. The van der Waals surface area contributed by atoms with Crippen LogP contribution in [-0.4, -0.2) is 42.8 Å². The van der Waals surface area contributed by atoms with Gasteiger partial charge in [-0.25, -0.2) is 0 Å². The Kier molecular flexibility index (Phi) is 6.34. The van der Waals surface area contributed by atoms with Gasteiger partial charge in [-0.15, -0.1) is 0 Å². The lowest BCUT2D eigenvalue weighted by atomic mass is 9.89. The van der Waals surface area contributed by atoms with Crippen molar-refractivity contribution in [3.63, 3.8) is 0 Å². The Bertz CT molecular complexity index is 1030. The van der Waals surface area contributed by atoms with Crippen molar-refractivity contribution in [3.8, 4) is 0 Å². The third-order valence-electron chi connectivity index (χ3n) is 7.47. The van der Waals surface area contributed by atoms with Crippen molar-refractivity contribution in [3.05, 3.63) is 63.7 Å². The number of halogens is 1. The molecule has 0 saturated carbocycles. The number of Topliss-reactive ketones (excluding diaryl/α,β-unsaturated/α-hetero) is 1. The molecule has 0 radical (unpaired) electrons. The molecule has 2 aromatic rings. The van der Waals surface area contributed by atoms with Gasteiger partial charge in [0.2, 0.25) is 5.91 Å². The van der Waals surface area contributed by atoms with Crippen LogP contribution in [0.4, 0.5) is 5.69 Å². The molecule has 3 aliphatic heterocycles. The van der Waals surface area contributed by atoms with Crippen molar-refractivity contribution in [1.29, 1.82) is 0 Å². The summed E-state index contributed by atoms with van der Waals surface area (Å²) in [6, 6.07) is 12.1. The van der Waals surface area contributed by atoms with E-state index in [4.69, 9.17) is 11.6 Å². The Hall–Kier alpha value is -2.17. The van der Waals surface area contributed by atoms with Crippen LogP contribution in [-0.2, 0) is 24.1 Å². The van der Waals surface area contributed by atoms with E-state index in [0.29, 0.717) is 18.8 Å². The van der Waals surface area contributed by atoms with Crippen molar-refractivity contribution in [2.45, 2.75) is 51.4 Å². The molecule has 1 amide bonds. The zero-order chi connectivity index (χ0) is 22.1. The highest BCUT2D eigenvalue weighted by Gasteiger charge is 2.33. The minimum absolute atomic E-state index is 0.187. The molecule has 0 aromatic heterocycles. The van der Waals surface area contributed by atoms with Gasteiger partial charge >= 0.3 is 0 Å². The van der Waals surface area contributed by atoms with Gasteiger partial charge in [-0.2, -0.15) is 0 Å². The number of amides is 1. The predicted octanol–water partition coefficient (Wildman–Crippen LogP) is 5.09. The van der Waals surface area contributed by atoms with Crippen LogP contribution in [0.15, 0.2) is 36.4 Å². The molecule has 5 heteroatoms. The molecule has 5 rings (SSSR count). The number of hydrogen-bond donors (Lipinski definition) is 0. The molecule has 0 atom stereocenters. The first kappa shape index (κ1) is 21.7. The van der Waals surface area contributed by atoms with Crippen molar-refractivity contribution in [2.24, 2.45) is 5.92 Å². The minimum Gasteiger partial charge on any atom is -0.312 e. The standard InChI is InChI=1S/C27H31ClN2O2/c28-24-6-2-1-4-20(24)11-15-29-13-9-19(10-14-29)7-8-25(31)22-16-21-5-3-12-30-26(32)18-23(17-22)27(21)30/h1-2,4,6,16-17,19H,3,5,7-15,18H2. The third-order valence-corrected chi connectivity index (χ3v) is 7.84. The largest absolute Gasteiger partial charge is 0.312 e. The molecule has 0 N–H and O–H groups in total. The zero-order valence-corrected chi connectivity index (χ0v) is 19.4. The van der Waals surface area contributed by atoms with Gasteiger partial charge < -0.3 is 9.80 Å². The van der Waals surface area contributed by atoms with E-state index in [9.17, 15) is 9.59 Å². The number of rotatable bonds is 7. The maximum Gasteiger partial charge on any atom is 0.231 e. The topological polar surface area (TPSA) is 40.6 Å². The monoisotopic (exact) mass is 450 g/mol. The number of aryl methyl sites for hydroxylation is 1. The van der Waals surface area contributed by atoms with E-state index in [-0.39, 0.29) is 11.7 Å². The average molecular weight is 451 g/mol. The van der Waals surface area contributed by atoms with Crippen LogP contribution in [0.5, 0.6) is 0 Å². The van der Waals surface area contributed by atoms with Gasteiger partial charge in [0.1, 0.15) is 0 Å². The number of likely N-dealkylation sites (tertiary alicyclic amines) is 1. The van der Waals surface area contributed by atoms with Crippen LogP contribution in [0.1, 0.15) is 59.2 Å². The van der Waals surface area contributed by atoms with Crippen LogP contribution in [0.25, 0.3) is 0 Å². The first-order valence-corrected chi connectivity index (χ1v) is 12.4. The van der Waals surface area contributed by atoms with E-state index < -0.39 is 0 Å². The predicted molar refractivity (Wildman–Crippen MR) is 129 cm³/mol. The SMILES string of the molecule is O=C(CCC1CCN(CCc2ccccc2Cl)CC1)c1cc2c3c(c1)CC(=O)N3CCC2. The summed E-state index contributed by atoms with van der Waals surface area (Å²) in [4.78, 5) is 29.7. The van der Waals surface area contributed by atoms with Gasteiger partial charge in [-0.05, 0) is 92.4 Å². The summed E-state index contributed by atoms with van der Waals surface area (Å²) < 4.78 is 0. The first-order valence-electron chi connectivity index (χ1n) is 12.0. The molecule has 1 fully saturated rings. The molecule has 2 aromatic carbocycles. The van der Waals surface area contributed by atoms with E-state index in [0.717, 1.165) is 86.5 Å². The second-order valence-electron chi connectivity index (χ2n) is 9.56. The number of ketones is 1. The van der Waals surface area contributed by atoms with Gasteiger partial charge in [0.15, 0.2) is 5.78 Å². The third kappa shape index (κ3) is 4.49. The second-order valence-corrected chi connectivity index (χ2v) is 9.96. The lowest BCUT2D eigenvalue weighted by Crippen LogP contribution is -2.35. The number of carbonyl (C=O) groups is 2. The van der Waals surface area contributed by atoms with Gasteiger partial charge in [0.05, 0.1) is 12.1 Å². The number of piperidine rings is 1. The van der Waals surface area contributed by atoms with Crippen molar-refractivity contribution < 1.29 is 9.59 Å². The van der Waals surface area contributed by atoms with E-state index in [1.54, 1.807) is 0 Å². The lowest BCUT2D eigenvalue weighted by Gasteiger charge is -2.32. The van der Waals surface area contributed by atoms with Gasteiger partial charge in [-0.3, -0.25) is 9.59 Å². The van der Waals surface area contributed by atoms with E-state index in [2.05, 4.69) is 17.0 Å². The Labute approximate surface area is 195 Å². The number of nitrogens with zero attached hydrogens (tertiary/aromatic N) is 2. The number of benzene rings is 2. The van der Waals surface area contributed by atoms with Crippen molar-refractivity contribution >= 4 is 29.0 Å². The second kappa shape index (κ2) is 9.36. The number of anilines is 1. The summed E-state index contributed by atoms with van der Waals surface area (Å²) in [5.41, 5.74) is 5.38. The molecule has 0 aliphatic carbocycles. The molecule has 3 aliphatic rings. The average Bonchev–Trinajstić information content (AvgIpc) is 3.14. The summed E-state index contributed by atoms with van der Waals surface area (Å²) in [7, 11) is 0. The van der Waals surface area contributed by atoms with Crippen LogP contribution < -0.4 is 4.90 Å². The van der Waals surface area contributed by atoms with Crippen molar-refractivity contribution in [1.82, 2.24) is 4.90 Å². The van der Waals surface area contributed by atoms with Crippen molar-refractivity contribution in [2.75, 3.05) is 31.1 Å². The lowest BCUT2D eigenvalue weighted by molar-refractivity contribution is -0.117. The van der Waals surface area contributed by atoms with E-state index in [1.165, 1.54) is 11.1 Å². The normalized spacial score (nSPS) is 18.8. The summed E-state index contributed by atoms with van der Waals surface area (Å²) in [6.07, 6.45) is 7.31. The first-order chi connectivity index (χ1) is 15.6. The van der Waals surface area contributed by atoms with E-state index in [1.807, 2.05) is 29.2 Å². The fraction of sp³-hybridized carbons (Fsp3) is 0.481. The maximum atomic E-state index is 13.0. The fourth-order valence-corrected chi connectivity index (χ4v) is 5.83. The Morgan fingerprint density at radius 3 is 2.66 bits per heavy atom. The molecule has 0 unspecified atom stereocenters. The zero-order valence-electron chi connectivity index (χ0n) is 18.6. The molecular weight excluding hydrogens is 420 g/mol. The van der Waals surface area contributed by atoms with Gasteiger partial charge in [-0.1, -0.05) is 29.8 Å². The maximum absolute atomic E-state index is 13.0.